The van der Waals surface area contributed by atoms with Gasteiger partial charge in [0.15, 0.2) is 0 Å². The van der Waals surface area contributed by atoms with Crippen LogP contribution in [0.25, 0.3) is 0 Å². The summed E-state index contributed by atoms with van der Waals surface area (Å²) in [5, 5.41) is 8.72. The topological polar surface area (TPSA) is 79.1 Å². The molecule has 0 radical (unpaired) electrons. The Morgan fingerprint density at radius 1 is 1.82 bits per heavy atom. The Hall–Kier alpha value is -0.870. The predicted octanol–water partition coefficient (Wildman–Crippen LogP) is 0.164. The van der Waals surface area contributed by atoms with Gasteiger partial charge in [0.25, 0.3) is 0 Å². The van der Waals surface area contributed by atoms with Crippen molar-refractivity contribution in [2.75, 3.05) is 0 Å². The molecule has 0 aromatic heterocycles. The number of hydrogen-bond acceptors (Lipinski definition) is 3. The van der Waals surface area contributed by atoms with Crippen molar-refractivity contribution in [1.82, 2.24) is 5.01 Å². The molecule has 1 atom stereocenters. The van der Waals surface area contributed by atoms with Crippen molar-refractivity contribution < 1.29 is 0 Å². The average molecular weight is 154 g/mol. The van der Waals surface area contributed by atoms with Gasteiger partial charge < -0.3 is 5.73 Å². The van der Waals surface area contributed by atoms with Gasteiger partial charge in [0.2, 0.25) is 0 Å². The van der Waals surface area contributed by atoms with E-state index >= 15 is 0 Å². The fourth-order valence-corrected chi connectivity index (χ4v) is 1.02. The minimum atomic E-state index is -0.354. The molecule has 0 aromatic carbocycles. The van der Waals surface area contributed by atoms with E-state index in [0.717, 1.165) is 6.42 Å². The molecule has 1 heterocycles. The van der Waals surface area contributed by atoms with Crippen LogP contribution >= 0.6 is 0 Å². The van der Waals surface area contributed by atoms with Gasteiger partial charge in [0.1, 0.15) is 5.84 Å². The zero-order valence-electron chi connectivity index (χ0n) is 6.67. The van der Waals surface area contributed by atoms with Crippen molar-refractivity contribution in [3.05, 3.63) is 12.3 Å². The Balaban J connectivity index is 2.78. The zero-order valence-corrected chi connectivity index (χ0v) is 6.67. The van der Waals surface area contributed by atoms with Crippen LogP contribution in [0.5, 0.6) is 0 Å². The average Bonchev–Trinajstić information content (AvgIpc) is 1.98. The minimum Gasteiger partial charge on any atom is -0.321 e. The van der Waals surface area contributed by atoms with Gasteiger partial charge in [-0.25, -0.2) is 5.84 Å². The molecule has 0 bridgehead atoms. The highest BCUT2D eigenvalue weighted by Gasteiger charge is 2.26. The van der Waals surface area contributed by atoms with E-state index in [4.69, 9.17) is 17.0 Å². The first-order valence-corrected chi connectivity index (χ1v) is 3.67. The van der Waals surface area contributed by atoms with E-state index in [-0.39, 0.29) is 5.54 Å². The molecule has 4 nitrogen and oxygen atoms in total. The Bertz CT molecular complexity index is 199. The zero-order chi connectivity index (χ0) is 8.48. The Kier molecular flexibility index (Phi) is 1.97. The molecule has 0 saturated carbocycles. The molecular formula is C7H14N4. The van der Waals surface area contributed by atoms with Crippen LogP contribution in [0.2, 0.25) is 0 Å². The largest absolute Gasteiger partial charge is 0.321 e. The molecule has 1 aliphatic heterocycles. The summed E-state index contributed by atoms with van der Waals surface area (Å²) in [6.45, 7) is 2.00. The number of hydrogen-bond donors (Lipinski definition) is 3. The van der Waals surface area contributed by atoms with E-state index in [1.54, 1.807) is 6.20 Å². The van der Waals surface area contributed by atoms with Crippen molar-refractivity contribution in [3.63, 3.8) is 0 Å². The van der Waals surface area contributed by atoms with Gasteiger partial charge >= 0.3 is 0 Å². The van der Waals surface area contributed by atoms with Crippen molar-refractivity contribution in [1.29, 1.82) is 5.41 Å². The number of rotatable bonds is 1. The quantitative estimate of drug-likeness (QED) is 0.471. The molecule has 0 spiro atoms. The monoisotopic (exact) mass is 154 g/mol. The summed E-state index contributed by atoms with van der Waals surface area (Å²) in [6, 6.07) is 0. The second kappa shape index (κ2) is 2.64. The van der Waals surface area contributed by atoms with E-state index in [0.29, 0.717) is 12.3 Å². The highest BCUT2D eigenvalue weighted by molar-refractivity contribution is 5.82. The summed E-state index contributed by atoms with van der Waals surface area (Å²) in [5.74, 6) is 5.79. The summed E-state index contributed by atoms with van der Waals surface area (Å²) < 4.78 is 0. The fourth-order valence-electron chi connectivity index (χ4n) is 1.02. The van der Waals surface area contributed by atoms with E-state index in [1.165, 1.54) is 5.01 Å². The molecule has 0 aromatic rings. The molecule has 4 heteroatoms. The molecule has 0 fully saturated rings. The standard InChI is InChI=1S/C7H14N4/c1-2-7(9)3-4-11(10)6(8)5-7/h3-4,8H,2,5,9-10H2,1H3. The molecule has 62 valence electrons. The first-order valence-electron chi connectivity index (χ1n) is 3.67. The van der Waals surface area contributed by atoms with Gasteiger partial charge in [-0.1, -0.05) is 6.92 Å². The Labute approximate surface area is 66.3 Å². The van der Waals surface area contributed by atoms with Gasteiger partial charge in [0, 0.05) is 18.2 Å². The molecule has 0 aliphatic carbocycles. The van der Waals surface area contributed by atoms with E-state index in [2.05, 4.69) is 0 Å². The molecule has 1 aliphatic rings. The lowest BCUT2D eigenvalue weighted by molar-refractivity contribution is 0.449. The predicted molar refractivity (Wildman–Crippen MR) is 44.7 cm³/mol. The normalized spacial score (nSPS) is 31.2. The number of amidine groups is 1. The summed E-state index contributed by atoms with van der Waals surface area (Å²) in [4.78, 5) is 0. The SMILES string of the molecule is CCC1(N)C=CN(N)C(=N)C1. The van der Waals surface area contributed by atoms with Crippen LogP contribution < -0.4 is 11.6 Å². The van der Waals surface area contributed by atoms with Crippen LogP contribution in [0.1, 0.15) is 19.8 Å². The van der Waals surface area contributed by atoms with Gasteiger partial charge in [0.05, 0.1) is 0 Å². The number of nitrogens with zero attached hydrogens (tertiary/aromatic N) is 1. The molecule has 1 unspecified atom stereocenters. The van der Waals surface area contributed by atoms with Gasteiger partial charge in [-0.15, -0.1) is 0 Å². The van der Waals surface area contributed by atoms with Crippen LogP contribution in [-0.2, 0) is 0 Å². The maximum absolute atomic E-state index is 7.42. The number of nitrogens with one attached hydrogen (secondary N) is 1. The Morgan fingerprint density at radius 2 is 2.45 bits per heavy atom. The van der Waals surface area contributed by atoms with E-state index in [9.17, 15) is 0 Å². The lowest BCUT2D eigenvalue weighted by Crippen LogP contribution is -2.48. The second-order valence-electron chi connectivity index (χ2n) is 2.93. The van der Waals surface area contributed by atoms with Crippen molar-refractivity contribution >= 4 is 5.84 Å². The molecule has 5 N–H and O–H groups in total. The maximum Gasteiger partial charge on any atom is 0.116 e. The van der Waals surface area contributed by atoms with Crippen molar-refractivity contribution in [3.8, 4) is 0 Å². The van der Waals surface area contributed by atoms with E-state index < -0.39 is 0 Å². The summed E-state index contributed by atoms with van der Waals surface area (Å²) in [6.07, 6.45) is 4.86. The van der Waals surface area contributed by atoms with Gasteiger partial charge in [-0.05, 0) is 12.5 Å². The number of hydrazine groups is 1. The van der Waals surface area contributed by atoms with Gasteiger partial charge in [-0.3, -0.25) is 10.4 Å². The van der Waals surface area contributed by atoms with Crippen LogP contribution in [0.15, 0.2) is 12.3 Å². The lowest BCUT2D eigenvalue weighted by atomic mass is 9.91. The van der Waals surface area contributed by atoms with Crippen LogP contribution in [-0.4, -0.2) is 16.4 Å². The lowest BCUT2D eigenvalue weighted by Gasteiger charge is -2.31. The van der Waals surface area contributed by atoms with Gasteiger partial charge in [-0.2, -0.15) is 0 Å². The minimum absolute atomic E-state index is 0.354. The fraction of sp³-hybridized carbons (Fsp3) is 0.571. The third-order valence-corrected chi connectivity index (χ3v) is 2.03. The summed E-state index contributed by atoms with van der Waals surface area (Å²) in [7, 11) is 0. The first-order chi connectivity index (χ1) is 5.07. The van der Waals surface area contributed by atoms with Crippen molar-refractivity contribution in [2.45, 2.75) is 25.3 Å². The molecule has 0 saturated heterocycles. The molecule has 11 heavy (non-hydrogen) atoms. The van der Waals surface area contributed by atoms with E-state index in [1.807, 2.05) is 13.0 Å². The first kappa shape index (κ1) is 8.23. The molecule has 1 rings (SSSR count). The third-order valence-electron chi connectivity index (χ3n) is 2.03. The summed E-state index contributed by atoms with van der Waals surface area (Å²) in [5.41, 5.74) is 5.55. The smallest absolute Gasteiger partial charge is 0.116 e. The van der Waals surface area contributed by atoms with Crippen LogP contribution in [0, 0.1) is 5.41 Å². The highest BCUT2D eigenvalue weighted by Crippen LogP contribution is 2.18. The highest BCUT2D eigenvalue weighted by atomic mass is 15.4. The van der Waals surface area contributed by atoms with Crippen molar-refractivity contribution in [2.24, 2.45) is 11.6 Å². The molecule has 0 amide bonds. The van der Waals surface area contributed by atoms with Crippen LogP contribution in [0.4, 0.5) is 0 Å². The third kappa shape index (κ3) is 1.58. The maximum atomic E-state index is 7.42. The Morgan fingerprint density at radius 3 is 2.91 bits per heavy atom. The summed E-state index contributed by atoms with van der Waals surface area (Å²) >= 11 is 0. The second-order valence-corrected chi connectivity index (χ2v) is 2.93. The van der Waals surface area contributed by atoms with Crippen LogP contribution in [0.3, 0.4) is 0 Å². The molecular weight excluding hydrogens is 140 g/mol. The number of nitrogens with two attached hydrogens (primary N) is 2.